The zero-order valence-electron chi connectivity index (χ0n) is 14.4. The molecule has 0 unspecified atom stereocenters. The number of hydrogen-bond acceptors (Lipinski definition) is 2. The third-order valence-electron chi connectivity index (χ3n) is 4.52. The molecule has 0 spiro atoms. The van der Waals surface area contributed by atoms with Crippen molar-refractivity contribution in [2.75, 3.05) is 6.54 Å². The number of allylic oxidation sites excluding steroid dienone is 1. The van der Waals surface area contributed by atoms with E-state index < -0.39 is 0 Å². The number of pyridine rings is 1. The lowest BCUT2D eigenvalue weighted by atomic mass is 9.94. The molecule has 2 aromatic carbocycles. The summed E-state index contributed by atoms with van der Waals surface area (Å²) in [6.45, 7) is 0.881. The molecule has 3 aromatic rings. The van der Waals surface area contributed by atoms with E-state index in [9.17, 15) is 0 Å². The lowest BCUT2D eigenvalue weighted by Crippen LogP contribution is -2.11. The Hall–Kier alpha value is -2.71. The Morgan fingerprint density at radius 1 is 0.885 bits per heavy atom. The molecule has 0 atom stereocenters. The third kappa shape index (κ3) is 3.76. The first-order valence-corrected chi connectivity index (χ1v) is 9.19. The van der Waals surface area contributed by atoms with Gasteiger partial charge < -0.3 is 0 Å². The molecule has 128 valence electrons. The van der Waals surface area contributed by atoms with Gasteiger partial charge in [0.05, 0.1) is 5.71 Å². The SMILES string of the molecule is Clc1ccc(-c2cccc(/C=C3\CCCN=C3c3cccnc3)c2)cc1. The van der Waals surface area contributed by atoms with E-state index in [1.807, 2.05) is 24.4 Å². The molecule has 0 saturated heterocycles. The molecule has 2 nitrogen and oxygen atoms in total. The minimum Gasteiger partial charge on any atom is -0.284 e. The van der Waals surface area contributed by atoms with Crippen molar-refractivity contribution in [3.63, 3.8) is 0 Å². The van der Waals surface area contributed by atoms with Crippen LogP contribution in [0.15, 0.2) is 83.6 Å². The zero-order chi connectivity index (χ0) is 17.8. The molecule has 0 aliphatic carbocycles. The first-order chi connectivity index (χ1) is 12.8. The Kier molecular flexibility index (Phi) is 4.94. The Balaban J connectivity index is 1.69. The highest BCUT2D eigenvalue weighted by Gasteiger charge is 2.14. The zero-order valence-corrected chi connectivity index (χ0v) is 15.2. The second-order valence-corrected chi connectivity index (χ2v) is 6.81. The van der Waals surface area contributed by atoms with Gasteiger partial charge in [-0.3, -0.25) is 9.98 Å². The van der Waals surface area contributed by atoms with E-state index in [-0.39, 0.29) is 0 Å². The summed E-state index contributed by atoms with van der Waals surface area (Å²) < 4.78 is 0. The molecule has 1 aliphatic rings. The van der Waals surface area contributed by atoms with Gasteiger partial charge in [-0.25, -0.2) is 0 Å². The van der Waals surface area contributed by atoms with Crippen LogP contribution in [0.5, 0.6) is 0 Å². The fourth-order valence-electron chi connectivity index (χ4n) is 3.25. The Labute approximate surface area is 158 Å². The lowest BCUT2D eigenvalue weighted by Gasteiger charge is -2.16. The van der Waals surface area contributed by atoms with E-state index in [1.54, 1.807) is 6.20 Å². The molecule has 0 saturated carbocycles. The van der Waals surface area contributed by atoms with Crippen LogP contribution in [0.2, 0.25) is 5.02 Å². The molecule has 2 heterocycles. The molecule has 26 heavy (non-hydrogen) atoms. The molecule has 4 rings (SSSR count). The number of benzene rings is 2. The average molecular weight is 359 g/mol. The molecule has 0 fully saturated rings. The highest BCUT2D eigenvalue weighted by atomic mass is 35.5. The standard InChI is InChI=1S/C23H19ClN2/c24-22-10-8-18(9-11-22)19-5-1-4-17(14-19)15-20-6-3-13-26-23(20)21-7-2-12-25-16-21/h1-2,4-5,7-12,14-16H,3,6,13H2/b20-15+. The van der Waals surface area contributed by atoms with E-state index >= 15 is 0 Å². The predicted molar refractivity (Wildman–Crippen MR) is 110 cm³/mol. The summed E-state index contributed by atoms with van der Waals surface area (Å²) in [7, 11) is 0. The van der Waals surface area contributed by atoms with Gasteiger partial charge >= 0.3 is 0 Å². The van der Waals surface area contributed by atoms with Gasteiger partial charge in [-0.15, -0.1) is 0 Å². The number of hydrogen-bond donors (Lipinski definition) is 0. The van der Waals surface area contributed by atoms with Crippen molar-refractivity contribution < 1.29 is 0 Å². The van der Waals surface area contributed by atoms with Gasteiger partial charge in [0.15, 0.2) is 0 Å². The minimum absolute atomic E-state index is 0.756. The van der Waals surface area contributed by atoms with Crippen LogP contribution in [0, 0.1) is 0 Å². The summed E-state index contributed by atoms with van der Waals surface area (Å²) in [6, 6.07) is 20.6. The summed E-state index contributed by atoms with van der Waals surface area (Å²) in [5, 5.41) is 0.756. The number of aromatic nitrogens is 1. The van der Waals surface area contributed by atoms with Gasteiger partial charge in [-0.1, -0.05) is 41.9 Å². The first-order valence-electron chi connectivity index (χ1n) is 8.81. The predicted octanol–water partition coefficient (Wildman–Crippen LogP) is 6.07. The topological polar surface area (TPSA) is 25.2 Å². The second-order valence-electron chi connectivity index (χ2n) is 6.38. The Morgan fingerprint density at radius 3 is 2.54 bits per heavy atom. The quantitative estimate of drug-likeness (QED) is 0.558. The number of halogens is 1. The molecule has 0 radical (unpaired) electrons. The van der Waals surface area contributed by atoms with Crippen molar-refractivity contribution in [1.82, 2.24) is 4.98 Å². The fraction of sp³-hybridized carbons (Fsp3) is 0.130. The minimum atomic E-state index is 0.756. The van der Waals surface area contributed by atoms with Gasteiger partial charge in [-0.2, -0.15) is 0 Å². The maximum atomic E-state index is 6.01. The van der Waals surface area contributed by atoms with Crippen molar-refractivity contribution >= 4 is 23.4 Å². The molecule has 3 heteroatoms. The van der Waals surface area contributed by atoms with E-state index in [2.05, 4.69) is 53.5 Å². The van der Waals surface area contributed by atoms with Crippen LogP contribution in [-0.4, -0.2) is 17.2 Å². The van der Waals surface area contributed by atoms with Gasteiger partial charge in [0.1, 0.15) is 0 Å². The van der Waals surface area contributed by atoms with Crippen LogP contribution in [0.25, 0.3) is 17.2 Å². The van der Waals surface area contributed by atoms with Crippen LogP contribution in [0.4, 0.5) is 0 Å². The van der Waals surface area contributed by atoms with Gasteiger partial charge in [0.25, 0.3) is 0 Å². The van der Waals surface area contributed by atoms with Crippen molar-refractivity contribution in [2.24, 2.45) is 4.99 Å². The van der Waals surface area contributed by atoms with Crippen molar-refractivity contribution in [1.29, 1.82) is 0 Å². The second kappa shape index (κ2) is 7.67. The molecular formula is C23H19ClN2. The Morgan fingerprint density at radius 2 is 1.73 bits per heavy atom. The Bertz CT molecular complexity index is 957. The summed E-state index contributed by atoms with van der Waals surface area (Å²) in [6.07, 6.45) is 8.07. The van der Waals surface area contributed by atoms with Crippen molar-refractivity contribution in [3.8, 4) is 11.1 Å². The fourth-order valence-corrected chi connectivity index (χ4v) is 3.38. The maximum Gasteiger partial charge on any atom is 0.0694 e. The smallest absolute Gasteiger partial charge is 0.0694 e. The first kappa shape index (κ1) is 16.7. The van der Waals surface area contributed by atoms with Gasteiger partial charge in [0.2, 0.25) is 0 Å². The molecule has 1 aliphatic heterocycles. The van der Waals surface area contributed by atoms with Crippen LogP contribution in [0.1, 0.15) is 24.0 Å². The van der Waals surface area contributed by atoms with Crippen LogP contribution in [0.3, 0.4) is 0 Å². The van der Waals surface area contributed by atoms with E-state index in [0.717, 1.165) is 35.7 Å². The van der Waals surface area contributed by atoms with Crippen LogP contribution >= 0.6 is 11.6 Å². The number of aliphatic imine (C=N–C) groups is 1. The number of rotatable bonds is 3. The summed E-state index contributed by atoms with van der Waals surface area (Å²) in [5.41, 5.74) is 6.98. The summed E-state index contributed by atoms with van der Waals surface area (Å²) in [5.74, 6) is 0. The molecule has 0 N–H and O–H groups in total. The lowest BCUT2D eigenvalue weighted by molar-refractivity contribution is 0.818. The van der Waals surface area contributed by atoms with Gasteiger partial charge in [-0.05, 0) is 71.5 Å². The van der Waals surface area contributed by atoms with E-state index in [0.29, 0.717) is 0 Å². The normalized spacial score (nSPS) is 15.7. The van der Waals surface area contributed by atoms with Crippen molar-refractivity contribution in [2.45, 2.75) is 12.8 Å². The molecule has 1 aromatic heterocycles. The monoisotopic (exact) mass is 358 g/mol. The van der Waals surface area contributed by atoms with Crippen LogP contribution < -0.4 is 0 Å². The third-order valence-corrected chi connectivity index (χ3v) is 4.77. The van der Waals surface area contributed by atoms with Gasteiger partial charge in [0, 0.05) is 29.5 Å². The summed E-state index contributed by atoms with van der Waals surface area (Å²) in [4.78, 5) is 9.00. The van der Waals surface area contributed by atoms with E-state index in [1.165, 1.54) is 22.3 Å². The van der Waals surface area contributed by atoms with E-state index in [4.69, 9.17) is 16.6 Å². The average Bonchev–Trinajstić information content (AvgIpc) is 2.70. The molecule has 0 bridgehead atoms. The largest absolute Gasteiger partial charge is 0.284 e. The number of nitrogens with zero attached hydrogens (tertiary/aromatic N) is 2. The molecule has 0 amide bonds. The highest BCUT2D eigenvalue weighted by Crippen LogP contribution is 2.26. The highest BCUT2D eigenvalue weighted by molar-refractivity contribution is 6.30. The van der Waals surface area contributed by atoms with Crippen molar-refractivity contribution in [3.05, 3.63) is 94.8 Å². The van der Waals surface area contributed by atoms with Crippen LogP contribution in [-0.2, 0) is 0 Å². The maximum absolute atomic E-state index is 6.01. The molecular weight excluding hydrogens is 340 g/mol. The summed E-state index contributed by atoms with van der Waals surface area (Å²) >= 11 is 6.01.